The molecule has 17 heavy (non-hydrogen) atoms. The maximum absolute atomic E-state index is 7.44. The van der Waals surface area contributed by atoms with Crippen LogP contribution in [0.4, 0.5) is 0 Å². The Hall–Kier alpha value is -0.480. The van der Waals surface area contributed by atoms with Crippen molar-refractivity contribution in [2.24, 2.45) is 5.73 Å². The molecular formula is C13H17BrN2S. The molecule has 0 radical (unpaired) electrons. The Morgan fingerprint density at radius 2 is 2.00 bits per heavy atom. The Balaban J connectivity index is 2.06. The Bertz CT molecular complexity index is 414. The van der Waals surface area contributed by atoms with Gasteiger partial charge in [-0.05, 0) is 47.0 Å². The molecule has 3 N–H and O–H groups in total. The summed E-state index contributed by atoms with van der Waals surface area (Å²) in [6.45, 7) is 0. The Morgan fingerprint density at radius 3 is 2.59 bits per heavy atom. The smallest absolute Gasteiger partial charge is 0.123 e. The second kappa shape index (κ2) is 5.91. The largest absolute Gasteiger partial charge is 0.384 e. The summed E-state index contributed by atoms with van der Waals surface area (Å²) in [5.41, 5.74) is 6.27. The van der Waals surface area contributed by atoms with E-state index in [9.17, 15) is 0 Å². The van der Waals surface area contributed by atoms with Gasteiger partial charge >= 0.3 is 0 Å². The first-order valence-electron chi connectivity index (χ1n) is 5.97. The van der Waals surface area contributed by atoms with Gasteiger partial charge in [0.05, 0.1) is 0 Å². The Morgan fingerprint density at radius 1 is 1.29 bits per heavy atom. The summed E-state index contributed by atoms with van der Waals surface area (Å²) >= 11 is 5.44. The minimum Gasteiger partial charge on any atom is -0.384 e. The van der Waals surface area contributed by atoms with E-state index in [-0.39, 0.29) is 5.84 Å². The van der Waals surface area contributed by atoms with Crippen LogP contribution < -0.4 is 5.73 Å². The molecule has 1 aromatic rings. The summed E-state index contributed by atoms with van der Waals surface area (Å²) in [5, 5.41) is 8.20. The number of benzene rings is 1. The number of thioether (sulfide) groups is 1. The molecule has 0 atom stereocenters. The Kier molecular flexibility index (Phi) is 4.51. The third-order valence-electron chi connectivity index (χ3n) is 3.09. The lowest BCUT2D eigenvalue weighted by molar-refractivity contribution is 0.516. The van der Waals surface area contributed by atoms with Gasteiger partial charge in [0, 0.05) is 20.2 Å². The zero-order chi connectivity index (χ0) is 12.3. The second-order valence-corrected chi connectivity index (χ2v) is 6.66. The topological polar surface area (TPSA) is 49.9 Å². The zero-order valence-electron chi connectivity index (χ0n) is 9.71. The molecule has 0 unspecified atom stereocenters. The SMILES string of the molecule is N=C(N)c1ccc(SC2CCCCC2)cc1Br. The fraction of sp³-hybridized carbons (Fsp3) is 0.462. The van der Waals surface area contributed by atoms with Crippen molar-refractivity contribution in [3.8, 4) is 0 Å². The number of nitrogens with two attached hydrogens (primary N) is 1. The molecule has 0 amide bonds. The highest BCUT2D eigenvalue weighted by Gasteiger charge is 2.15. The third-order valence-corrected chi connectivity index (χ3v) is 5.07. The van der Waals surface area contributed by atoms with E-state index in [0.717, 1.165) is 15.3 Å². The highest BCUT2D eigenvalue weighted by molar-refractivity contribution is 9.10. The summed E-state index contributed by atoms with van der Waals surface area (Å²) in [6, 6.07) is 6.08. The summed E-state index contributed by atoms with van der Waals surface area (Å²) in [4.78, 5) is 1.27. The highest BCUT2D eigenvalue weighted by Crippen LogP contribution is 2.35. The molecule has 1 saturated carbocycles. The summed E-state index contributed by atoms with van der Waals surface area (Å²) < 4.78 is 0.922. The molecule has 1 aliphatic rings. The van der Waals surface area contributed by atoms with E-state index in [2.05, 4.69) is 28.1 Å². The van der Waals surface area contributed by atoms with Crippen LogP contribution in [-0.2, 0) is 0 Å². The average molecular weight is 313 g/mol. The minimum atomic E-state index is 0.117. The predicted octanol–water partition coefficient (Wildman–Crippen LogP) is 4.16. The number of hydrogen-bond acceptors (Lipinski definition) is 2. The molecule has 4 heteroatoms. The van der Waals surface area contributed by atoms with E-state index in [0.29, 0.717) is 0 Å². The van der Waals surface area contributed by atoms with Crippen molar-refractivity contribution in [2.45, 2.75) is 42.2 Å². The molecule has 0 aliphatic heterocycles. The molecule has 0 heterocycles. The predicted molar refractivity (Wildman–Crippen MR) is 77.9 cm³/mol. The van der Waals surface area contributed by atoms with Gasteiger partial charge in [-0.1, -0.05) is 19.3 Å². The molecule has 1 fully saturated rings. The van der Waals surface area contributed by atoms with Crippen LogP contribution >= 0.6 is 27.7 Å². The van der Waals surface area contributed by atoms with E-state index in [1.165, 1.54) is 37.0 Å². The zero-order valence-corrected chi connectivity index (χ0v) is 12.1. The first-order valence-corrected chi connectivity index (χ1v) is 7.64. The third kappa shape index (κ3) is 3.49. The average Bonchev–Trinajstić information content (AvgIpc) is 2.30. The molecule has 0 bridgehead atoms. The molecule has 2 rings (SSSR count). The van der Waals surface area contributed by atoms with Gasteiger partial charge in [-0.25, -0.2) is 0 Å². The van der Waals surface area contributed by atoms with Gasteiger partial charge in [0.2, 0.25) is 0 Å². The number of nitrogens with one attached hydrogen (secondary N) is 1. The lowest BCUT2D eigenvalue weighted by atomic mass is 10.0. The normalized spacial score (nSPS) is 17.0. The van der Waals surface area contributed by atoms with Crippen LogP contribution in [0.3, 0.4) is 0 Å². The van der Waals surface area contributed by atoms with E-state index in [1.54, 1.807) is 0 Å². The van der Waals surface area contributed by atoms with Crippen molar-refractivity contribution in [1.82, 2.24) is 0 Å². The van der Waals surface area contributed by atoms with E-state index in [4.69, 9.17) is 11.1 Å². The van der Waals surface area contributed by atoms with Crippen molar-refractivity contribution in [2.75, 3.05) is 0 Å². The van der Waals surface area contributed by atoms with Crippen LogP contribution in [0.25, 0.3) is 0 Å². The minimum absolute atomic E-state index is 0.117. The number of nitrogen functional groups attached to an aromatic ring is 1. The van der Waals surface area contributed by atoms with Gasteiger partial charge in [-0.3, -0.25) is 5.41 Å². The van der Waals surface area contributed by atoms with Crippen molar-refractivity contribution >= 4 is 33.5 Å². The lowest BCUT2D eigenvalue weighted by Gasteiger charge is -2.21. The molecule has 0 aromatic heterocycles. The van der Waals surface area contributed by atoms with E-state index in [1.807, 2.05) is 17.8 Å². The monoisotopic (exact) mass is 312 g/mol. The standard InChI is InChI=1S/C13H17BrN2S/c14-12-8-10(6-7-11(12)13(15)16)17-9-4-2-1-3-5-9/h6-9H,1-5H2,(H3,15,16). The second-order valence-electron chi connectivity index (χ2n) is 4.43. The van der Waals surface area contributed by atoms with Crippen LogP contribution in [0.1, 0.15) is 37.7 Å². The van der Waals surface area contributed by atoms with Crippen LogP contribution in [0, 0.1) is 5.41 Å². The number of hydrogen-bond donors (Lipinski definition) is 2. The number of rotatable bonds is 3. The van der Waals surface area contributed by atoms with Crippen LogP contribution in [0.2, 0.25) is 0 Å². The summed E-state index contributed by atoms with van der Waals surface area (Å²) in [5.74, 6) is 0.117. The molecule has 1 aliphatic carbocycles. The lowest BCUT2D eigenvalue weighted by Crippen LogP contribution is -2.12. The van der Waals surface area contributed by atoms with Crippen molar-refractivity contribution in [3.05, 3.63) is 28.2 Å². The highest BCUT2D eigenvalue weighted by atomic mass is 79.9. The molecular weight excluding hydrogens is 296 g/mol. The maximum atomic E-state index is 7.44. The number of halogens is 1. The molecule has 0 spiro atoms. The molecule has 0 saturated heterocycles. The van der Waals surface area contributed by atoms with Crippen LogP contribution in [-0.4, -0.2) is 11.1 Å². The van der Waals surface area contributed by atoms with Crippen molar-refractivity contribution < 1.29 is 0 Å². The maximum Gasteiger partial charge on any atom is 0.123 e. The fourth-order valence-electron chi connectivity index (χ4n) is 2.16. The van der Waals surface area contributed by atoms with Crippen molar-refractivity contribution in [3.63, 3.8) is 0 Å². The van der Waals surface area contributed by atoms with Gasteiger partial charge in [0.15, 0.2) is 0 Å². The van der Waals surface area contributed by atoms with E-state index >= 15 is 0 Å². The summed E-state index contributed by atoms with van der Waals surface area (Å²) in [6.07, 6.45) is 6.78. The van der Waals surface area contributed by atoms with Crippen molar-refractivity contribution in [1.29, 1.82) is 5.41 Å². The molecule has 1 aromatic carbocycles. The Labute approximate surface area is 115 Å². The van der Waals surface area contributed by atoms with Gasteiger partial charge in [-0.15, -0.1) is 11.8 Å². The van der Waals surface area contributed by atoms with Crippen LogP contribution in [0.15, 0.2) is 27.6 Å². The number of amidine groups is 1. The van der Waals surface area contributed by atoms with Gasteiger partial charge in [0.25, 0.3) is 0 Å². The summed E-state index contributed by atoms with van der Waals surface area (Å²) in [7, 11) is 0. The first kappa shape index (κ1) is 13.0. The van der Waals surface area contributed by atoms with Crippen LogP contribution in [0.5, 0.6) is 0 Å². The van der Waals surface area contributed by atoms with Gasteiger partial charge in [-0.2, -0.15) is 0 Å². The van der Waals surface area contributed by atoms with Gasteiger partial charge < -0.3 is 5.73 Å². The quantitative estimate of drug-likeness (QED) is 0.650. The molecule has 92 valence electrons. The first-order chi connectivity index (χ1) is 8.16. The van der Waals surface area contributed by atoms with E-state index < -0.39 is 0 Å². The molecule has 2 nitrogen and oxygen atoms in total. The van der Waals surface area contributed by atoms with Gasteiger partial charge in [0.1, 0.15) is 5.84 Å². The fourth-order valence-corrected chi connectivity index (χ4v) is 4.19.